The maximum absolute atomic E-state index is 15.0. The summed E-state index contributed by atoms with van der Waals surface area (Å²) in [6, 6.07) is 63.8. The van der Waals surface area contributed by atoms with E-state index in [2.05, 4.69) is 42.5 Å². The molecule has 12 aromatic rings. The van der Waals surface area contributed by atoms with Crippen molar-refractivity contribution in [1.82, 2.24) is 9.13 Å². The van der Waals surface area contributed by atoms with E-state index in [4.69, 9.17) is 0 Å². The molecule has 0 bridgehead atoms. The molecule has 3 nitrogen and oxygen atoms in total. The summed E-state index contributed by atoms with van der Waals surface area (Å²) in [7, 11) is 0. The van der Waals surface area contributed by atoms with Crippen LogP contribution in [0.2, 0.25) is 0 Å². The van der Waals surface area contributed by atoms with Crippen LogP contribution < -0.4 is 0 Å². The lowest BCUT2D eigenvalue weighted by Gasteiger charge is -2.21. The third kappa shape index (κ3) is 8.46. The highest BCUT2D eigenvalue weighted by Crippen LogP contribution is 2.46. The SMILES string of the molecule is Cc1ccc(-c2ccc3c(c2)c2ccc(-c4cccc(C)c4)cc2n3-c2cc(-c3cc(C(F)(F)F)cc(C(F)(F)F)c3)c(-n3c4cc(-c5cccc(C)c5)ccc4c4ccc(-c5cccc(C)c5)cc43)cc2C#N)cc1. The topological polar surface area (TPSA) is 33.6 Å². The van der Waals surface area contributed by atoms with E-state index in [0.29, 0.717) is 22.1 Å². The second kappa shape index (κ2) is 18.1. The summed E-state index contributed by atoms with van der Waals surface area (Å²) in [5.41, 5.74) is 11.6. The van der Waals surface area contributed by atoms with Crippen LogP contribution in [0.25, 0.3) is 111 Å². The van der Waals surface area contributed by atoms with Crippen LogP contribution in [0.15, 0.2) is 200 Å². The van der Waals surface area contributed by atoms with Crippen LogP contribution in [-0.2, 0) is 12.4 Å². The van der Waals surface area contributed by atoms with Gasteiger partial charge in [-0.25, -0.2) is 0 Å². The van der Waals surface area contributed by atoms with Gasteiger partial charge in [-0.1, -0.05) is 162 Å². The summed E-state index contributed by atoms with van der Waals surface area (Å²) in [5, 5.41) is 14.8. The van der Waals surface area contributed by atoms with Crippen LogP contribution in [-0.4, -0.2) is 9.13 Å². The average molecular weight is 1010 g/mol. The normalized spacial score (nSPS) is 12.1. The van der Waals surface area contributed by atoms with E-state index in [9.17, 15) is 5.26 Å². The predicted octanol–water partition coefficient (Wildman–Crippen LogP) is 19.4. The molecule has 0 unspecified atom stereocenters. The Bertz CT molecular complexity index is 4240. The molecule has 0 saturated carbocycles. The van der Waals surface area contributed by atoms with Gasteiger partial charge in [-0.15, -0.1) is 0 Å². The van der Waals surface area contributed by atoms with Gasteiger partial charge in [0, 0.05) is 27.1 Å². The summed E-state index contributed by atoms with van der Waals surface area (Å²) in [6.07, 6.45) is -10.3. The quantitative estimate of drug-likeness (QED) is 0.147. The highest BCUT2D eigenvalue weighted by Gasteiger charge is 2.38. The zero-order chi connectivity index (χ0) is 52.8. The van der Waals surface area contributed by atoms with Crippen molar-refractivity contribution in [3.05, 3.63) is 239 Å². The molecule has 76 heavy (non-hydrogen) atoms. The van der Waals surface area contributed by atoms with E-state index >= 15 is 26.3 Å². The molecule has 0 amide bonds. The molecule has 370 valence electrons. The molecule has 2 aromatic heterocycles. The first-order valence-corrected chi connectivity index (χ1v) is 24.8. The fourth-order valence-electron chi connectivity index (χ4n) is 10.9. The van der Waals surface area contributed by atoms with Crippen molar-refractivity contribution in [2.45, 2.75) is 40.0 Å². The molecule has 12 rings (SSSR count). The fourth-order valence-corrected chi connectivity index (χ4v) is 10.9. The Kier molecular flexibility index (Phi) is 11.4. The molecule has 0 saturated heterocycles. The van der Waals surface area contributed by atoms with Gasteiger partial charge in [-0.05, 0) is 138 Å². The Hall–Kier alpha value is -9.13. The number of aryl methyl sites for hydroxylation is 4. The minimum atomic E-state index is -5.14. The third-order valence-electron chi connectivity index (χ3n) is 14.6. The van der Waals surface area contributed by atoms with E-state index in [0.717, 1.165) is 100 Å². The van der Waals surface area contributed by atoms with Crippen molar-refractivity contribution < 1.29 is 26.3 Å². The lowest BCUT2D eigenvalue weighted by atomic mass is 9.95. The largest absolute Gasteiger partial charge is 0.416 e. The van der Waals surface area contributed by atoms with Gasteiger partial charge in [0.25, 0.3) is 0 Å². The van der Waals surface area contributed by atoms with E-state index in [-0.39, 0.29) is 34.1 Å². The van der Waals surface area contributed by atoms with Crippen LogP contribution in [0.1, 0.15) is 38.9 Å². The van der Waals surface area contributed by atoms with E-state index in [1.54, 1.807) is 12.1 Å². The highest BCUT2D eigenvalue weighted by atomic mass is 19.4. The van der Waals surface area contributed by atoms with Crippen molar-refractivity contribution in [2.75, 3.05) is 0 Å². The van der Waals surface area contributed by atoms with Gasteiger partial charge in [0.05, 0.1) is 50.1 Å². The molecule has 2 heterocycles. The van der Waals surface area contributed by atoms with E-state index in [1.807, 2.05) is 170 Å². The number of aromatic nitrogens is 2. The number of benzene rings is 10. The van der Waals surface area contributed by atoms with Gasteiger partial charge in [0.1, 0.15) is 6.07 Å². The molecule has 0 aliphatic rings. The summed E-state index contributed by atoms with van der Waals surface area (Å²) in [5.74, 6) is 0. The first-order valence-electron chi connectivity index (χ1n) is 24.8. The zero-order valence-electron chi connectivity index (χ0n) is 41.7. The molecule has 0 N–H and O–H groups in total. The molecule has 0 atom stereocenters. The van der Waals surface area contributed by atoms with E-state index in [1.165, 1.54) is 0 Å². The van der Waals surface area contributed by atoms with E-state index < -0.39 is 23.5 Å². The number of nitrogens with zero attached hydrogens (tertiary/aromatic N) is 3. The molecule has 0 radical (unpaired) electrons. The van der Waals surface area contributed by atoms with Crippen molar-refractivity contribution in [3.8, 4) is 73.1 Å². The monoisotopic (exact) mass is 1010 g/mol. The molecule has 0 aliphatic carbocycles. The maximum Gasteiger partial charge on any atom is 0.416 e. The fraction of sp³-hybridized carbons (Fsp3) is 0.0896. The number of fused-ring (bicyclic) bond motifs is 6. The summed E-state index contributed by atoms with van der Waals surface area (Å²) in [6.45, 7) is 8.03. The maximum atomic E-state index is 15.0. The number of alkyl halides is 6. The minimum absolute atomic E-state index is 0.0485. The minimum Gasteiger partial charge on any atom is -0.309 e. The number of nitriles is 1. The zero-order valence-corrected chi connectivity index (χ0v) is 41.7. The summed E-state index contributed by atoms with van der Waals surface area (Å²) >= 11 is 0. The predicted molar refractivity (Wildman–Crippen MR) is 296 cm³/mol. The first kappa shape index (κ1) is 47.8. The second-order valence-electron chi connectivity index (χ2n) is 19.9. The number of halogens is 6. The number of hydrogen-bond donors (Lipinski definition) is 0. The highest BCUT2D eigenvalue weighted by molar-refractivity contribution is 6.13. The molecular formula is C67H45F6N3. The molecule has 9 heteroatoms. The van der Waals surface area contributed by atoms with Crippen LogP contribution in [0.5, 0.6) is 0 Å². The Morgan fingerprint density at radius 3 is 1.18 bits per heavy atom. The van der Waals surface area contributed by atoms with Gasteiger partial charge < -0.3 is 9.13 Å². The molecule has 10 aromatic carbocycles. The van der Waals surface area contributed by atoms with Gasteiger partial charge in [-0.2, -0.15) is 31.6 Å². The van der Waals surface area contributed by atoms with Crippen molar-refractivity contribution >= 4 is 43.6 Å². The Morgan fingerprint density at radius 1 is 0.329 bits per heavy atom. The first-order chi connectivity index (χ1) is 36.5. The molecule has 0 fully saturated rings. The third-order valence-corrected chi connectivity index (χ3v) is 14.6. The summed E-state index contributed by atoms with van der Waals surface area (Å²) < 4.78 is 94.0. The van der Waals surface area contributed by atoms with Crippen molar-refractivity contribution in [3.63, 3.8) is 0 Å². The lowest BCUT2D eigenvalue weighted by molar-refractivity contribution is -0.143. The lowest BCUT2D eigenvalue weighted by Crippen LogP contribution is -2.11. The van der Waals surface area contributed by atoms with Gasteiger partial charge in [0.15, 0.2) is 0 Å². The van der Waals surface area contributed by atoms with Gasteiger partial charge >= 0.3 is 12.4 Å². The van der Waals surface area contributed by atoms with Crippen LogP contribution in [0.4, 0.5) is 26.3 Å². The second-order valence-corrected chi connectivity index (χ2v) is 19.9. The van der Waals surface area contributed by atoms with Crippen LogP contribution in [0, 0.1) is 39.0 Å². The van der Waals surface area contributed by atoms with Gasteiger partial charge in [0.2, 0.25) is 0 Å². The Labute approximate surface area is 434 Å². The Morgan fingerprint density at radius 2 is 0.737 bits per heavy atom. The van der Waals surface area contributed by atoms with Crippen molar-refractivity contribution in [2.24, 2.45) is 0 Å². The molecular weight excluding hydrogens is 961 g/mol. The van der Waals surface area contributed by atoms with Crippen LogP contribution in [0.3, 0.4) is 0 Å². The standard InChI is InChI=1S/C67H45F6N3/c1-39-14-16-43(17-15-39)47-21-25-60-59(31-47)57-24-20-50(46-13-7-10-42(4)28-46)34-64(57)75(60)61-37-58(51-29-53(66(68,69)70)36-54(30-51)67(71,72)73)65(35-52(61)38-74)76-62-32-48(44-11-5-8-40(2)26-44)18-22-55(62)56-23-19-49(33-63(56)76)45-12-6-9-41(3)27-45/h5-37H,1-4H3. The van der Waals surface area contributed by atoms with Gasteiger partial charge in [-0.3, -0.25) is 0 Å². The summed E-state index contributed by atoms with van der Waals surface area (Å²) in [4.78, 5) is 0. The number of hydrogen-bond acceptors (Lipinski definition) is 1. The number of rotatable bonds is 7. The molecule has 0 aliphatic heterocycles. The Balaban J connectivity index is 1.23. The smallest absolute Gasteiger partial charge is 0.309 e. The average Bonchev–Trinajstić information content (AvgIpc) is 3.95. The molecule has 0 spiro atoms. The van der Waals surface area contributed by atoms with Crippen LogP contribution >= 0.6 is 0 Å². The van der Waals surface area contributed by atoms with Crippen molar-refractivity contribution in [1.29, 1.82) is 5.26 Å².